The Morgan fingerprint density at radius 2 is 0.783 bits per heavy atom. The van der Waals surface area contributed by atoms with E-state index in [0.717, 1.165) is 42.4 Å². The molecule has 6 aromatic carbocycles. The summed E-state index contributed by atoms with van der Waals surface area (Å²) in [4.78, 5) is 11.1. The monoisotopic (exact) mass is 1100 g/mol. The van der Waals surface area contributed by atoms with E-state index in [4.69, 9.17) is 4.98 Å². The standard InChI is InChI=1S/C31H33BrN2.C26H31N.C5H3Br2N/c1-30(2,3)23-15-18-25(19-16-23)34(29-14-10-13-28(32)33-29)27-20-17-24(31(4,5)6)21-26(27)22-11-8-7-9-12-22;1-25(2,3)20-12-15-22(16-13-20)27-24-17-14-21(26(4,5)6)18-23(24)19-10-8-7-9-11-19;6-4-2-1-3-5(7)8-4/h7-21H,1-6H3;7-18,27H,1-6H3;1-3H. The van der Waals surface area contributed by atoms with Gasteiger partial charge >= 0.3 is 0 Å². The molecule has 4 nitrogen and oxygen atoms in total. The summed E-state index contributed by atoms with van der Waals surface area (Å²) in [5.41, 5.74) is 15.0. The first-order valence-corrected chi connectivity index (χ1v) is 25.9. The van der Waals surface area contributed by atoms with Crippen LogP contribution in [0.2, 0.25) is 0 Å². The molecule has 0 aliphatic rings. The second kappa shape index (κ2) is 22.6. The smallest absolute Gasteiger partial charge is 0.138 e. The van der Waals surface area contributed by atoms with Gasteiger partial charge in [-0.05, 0) is 176 Å². The van der Waals surface area contributed by atoms with Gasteiger partial charge in [0.2, 0.25) is 0 Å². The molecule has 0 unspecified atom stereocenters. The number of rotatable bonds is 7. The molecule has 0 fully saturated rings. The fourth-order valence-corrected chi connectivity index (χ4v) is 8.90. The Hall–Kier alpha value is -5.34. The summed E-state index contributed by atoms with van der Waals surface area (Å²) in [5.74, 6) is 0.874. The molecule has 8 rings (SSSR count). The van der Waals surface area contributed by atoms with Gasteiger partial charge in [-0.15, -0.1) is 0 Å². The van der Waals surface area contributed by atoms with Crippen LogP contribution in [-0.4, -0.2) is 9.97 Å². The van der Waals surface area contributed by atoms with Gasteiger partial charge in [0.1, 0.15) is 19.6 Å². The quantitative estimate of drug-likeness (QED) is 0.162. The van der Waals surface area contributed by atoms with E-state index in [-0.39, 0.29) is 21.7 Å². The molecule has 356 valence electrons. The molecule has 1 N–H and O–H groups in total. The molecule has 0 atom stereocenters. The zero-order valence-corrected chi connectivity index (χ0v) is 47.1. The molecule has 2 heterocycles. The van der Waals surface area contributed by atoms with E-state index in [1.807, 2.05) is 30.3 Å². The largest absolute Gasteiger partial charge is 0.355 e. The van der Waals surface area contributed by atoms with Gasteiger partial charge in [-0.1, -0.05) is 192 Å². The number of hydrogen-bond donors (Lipinski definition) is 1. The average Bonchev–Trinajstić information content (AvgIpc) is 3.29. The molecule has 8 aromatic rings. The molecular weight excluding hydrogens is 1040 g/mol. The zero-order chi connectivity index (χ0) is 50.1. The van der Waals surface area contributed by atoms with E-state index in [1.165, 1.54) is 44.5 Å². The van der Waals surface area contributed by atoms with Gasteiger partial charge in [0.15, 0.2) is 0 Å². The van der Waals surface area contributed by atoms with Crippen LogP contribution in [-0.2, 0) is 21.7 Å². The SMILES string of the molecule is Brc1cccc(Br)n1.CC(C)(C)c1ccc(N(c2cccc(Br)n2)c2ccc(C(C)(C)C)cc2-c2ccccc2)cc1.CC(C)(C)c1ccc(Nc2ccc(C(C)(C)C)cc2-c2ccccc2)cc1. The zero-order valence-electron chi connectivity index (χ0n) is 42.3. The highest BCUT2D eigenvalue weighted by molar-refractivity contribution is 9.11. The lowest BCUT2D eigenvalue weighted by Crippen LogP contribution is -2.16. The lowest BCUT2D eigenvalue weighted by atomic mass is 9.84. The van der Waals surface area contributed by atoms with Crippen LogP contribution in [0.3, 0.4) is 0 Å². The minimum Gasteiger partial charge on any atom is -0.355 e. The Morgan fingerprint density at radius 1 is 0.377 bits per heavy atom. The number of aromatic nitrogens is 2. The Labute approximate surface area is 438 Å². The van der Waals surface area contributed by atoms with E-state index < -0.39 is 0 Å². The molecular formula is C62H67Br3N4. The van der Waals surface area contributed by atoms with Crippen molar-refractivity contribution < 1.29 is 0 Å². The van der Waals surface area contributed by atoms with Crippen molar-refractivity contribution in [2.75, 3.05) is 10.2 Å². The average molecular weight is 1110 g/mol. The van der Waals surface area contributed by atoms with Gasteiger partial charge in [0, 0.05) is 28.2 Å². The van der Waals surface area contributed by atoms with Crippen molar-refractivity contribution in [1.29, 1.82) is 0 Å². The van der Waals surface area contributed by atoms with Crippen molar-refractivity contribution in [2.45, 2.75) is 105 Å². The van der Waals surface area contributed by atoms with Crippen LogP contribution in [0.15, 0.2) is 196 Å². The topological polar surface area (TPSA) is 41.1 Å². The summed E-state index contributed by atoms with van der Waals surface area (Å²) in [5, 5.41) is 3.63. The van der Waals surface area contributed by atoms with E-state index in [1.54, 1.807) is 0 Å². The first kappa shape index (κ1) is 53.0. The maximum Gasteiger partial charge on any atom is 0.138 e. The van der Waals surface area contributed by atoms with Crippen LogP contribution in [0, 0.1) is 0 Å². The minimum atomic E-state index is 0.0509. The van der Waals surface area contributed by atoms with Crippen molar-refractivity contribution in [1.82, 2.24) is 9.97 Å². The molecule has 0 radical (unpaired) electrons. The number of nitrogens with one attached hydrogen (secondary N) is 1. The fraction of sp³-hybridized carbons (Fsp3) is 0.258. The first-order chi connectivity index (χ1) is 32.5. The van der Waals surface area contributed by atoms with Crippen LogP contribution >= 0.6 is 47.8 Å². The third-order valence-corrected chi connectivity index (χ3v) is 13.1. The van der Waals surface area contributed by atoms with Crippen LogP contribution in [0.4, 0.5) is 28.6 Å². The molecule has 0 amide bonds. The Balaban J connectivity index is 0.000000199. The number of anilines is 5. The molecule has 0 saturated carbocycles. The van der Waals surface area contributed by atoms with Crippen LogP contribution in [0.25, 0.3) is 22.3 Å². The van der Waals surface area contributed by atoms with Crippen molar-refractivity contribution in [3.8, 4) is 22.3 Å². The number of halogens is 3. The predicted molar refractivity (Wildman–Crippen MR) is 308 cm³/mol. The molecule has 7 heteroatoms. The first-order valence-electron chi connectivity index (χ1n) is 23.6. The number of nitrogens with zero attached hydrogens (tertiary/aromatic N) is 3. The Kier molecular flexibility index (Phi) is 17.4. The molecule has 69 heavy (non-hydrogen) atoms. The number of hydrogen-bond acceptors (Lipinski definition) is 4. The van der Waals surface area contributed by atoms with Gasteiger partial charge < -0.3 is 5.32 Å². The predicted octanol–water partition coefficient (Wildman–Crippen LogP) is 19.9. The van der Waals surface area contributed by atoms with Gasteiger partial charge in [-0.2, -0.15) is 0 Å². The summed E-state index contributed by atoms with van der Waals surface area (Å²) in [6, 6.07) is 64.2. The van der Waals surface area contributed by atoms with Crippen molar-refractivity contribution in [3.05, 3.63) is 218 Å². The second-order valence-electron chi connectivity index (χ2n) is 21.4. The third-order valence-electron chi connectivity index (χ3n) is 11.8. The maximum absolute atomic E-state index is 4.85. The summed E-state index contributed by atoms with van der Waals surface area (Å²) in [6.07, 6.45) is 0. The lowest BCUT2D eigenvalue weighted by Gasteiger charge is -2.29. The number of benzene rings is 6. The van der Waals surface area contributed by atoms with Gasteiger partial charge in [0.25, 0.3) is 0 Å². The normalized spacial score (nSPS) is 11.7. The van der Waals surface area contributed by atoms with Crippen molar-refractivity contribution in [3.63, 3.8) is 0 Å². The van der Waals surface area contributed by atoms with E-state index in [9.17, 15) is 0 Å². The molecule has 2 aromatic heterocycles. The van der Waals surface area contributed by atoms with Gasteiger partial charge in [-0.3, -0.25) is 4.90 Å². The maximum atomic E-state index is 4.85. The van der Waals surface area contributed by atoms with Crippen LogP contribution in [0.1, 0.15) is 105 Å². The molecule has 0 saturated heterocycles. The van der Waals surface area contributed by atoms with E-state index in [0.29, 0.717) is 0 Å². The highest BCUT2D eigenvalue weighted by Crippen LogP contribution is 2.43. The molecule has 0 aliphatic carbocycles. The van der Waals surface area contributed by atoms with Gasteiger partial charge in [-0.25, -0.2) is 9.97 Å². The third kappa shape index (κ3) is 14.8. The summed E-state index contributed by atoms with van der Waals surface area (Å²) >= 11 is 10.0. The van der Waals surface area contributed by atoms with Crippen LogP contribution < -0.4 is 10.2 Å². The molecule has 0 bridgehead atoms. The summed E-state index contributed by atoms with van der Waals surface area (Å²) in [6.45, 7) is 27.0. The van der Waals surface area contributed by atoms with Crippen molar-refractivity contribution >= 4 is 76.4 Å². The van der Waals surface area contributed by atoms with Crippen LogP contribution in [0.5, 0.6) is 0 Å². The molecule has 0 spiro atoms. The van der Waals surface area contributed by atoms with E-state index in [2.05, 4.69) is 298 Å². The Bertz CT molecular complexity index is 2890. The van der Waals surface area contributed by atoms with Gasteiger partial charge in [0.05, 0.1) is 5.69 Å². The van der Waals surface area contributed by atoms with E-state index >= 15 is 0 Å². The molecule has 0 aliphatic heterocycles. The fourth-order valence-electron chi connectivity index (χ4n) is 7.64. The number of pyridine rings is 2. The summed E-state index contributed by atoms with van der Waals surface area (Å²) < 4.78 is 2.52. The summed E-state index contributed by atoms with van der Waals surface area (Å²) in [7, 11) is 0. The second-order valence-corrected chi connectivity index (χ2v) is 23.8. The Morgan fingerprint density at radius 3 is 1.23 bits per heavy atom. The highest BCUT2D eigenvalue weighted by atomic mass is 79.9. The minimum absolute atomic E-state index is 0.0509. The highest BCUT2D eigenvalue weighted by Gasteiger charge is 2.23. The van der Waals surface area contributed by atoms with Crippen molar-refractivity contribution in [2.24, 2.45) is 0 Å². The lowest BCUT2D eigenvalue weighted by molar-refractivity contribution is 0.590.